The standard InChI is InChI=1S/C21H32N4O2/c1-4-18-7-5-6-8-19(18)23-9-11-24(12-10-23)21(27)22-14-17-13-20(26)25(15-17)16(2)3/h5-8,16-17H,4,9-15H2,1-3H3,(H,22,27)/t17-/m0/s1. The summed E-state index contributed by atoms with van der Waals surface area (Å²) in [5.41, 5.74) is 2.65. The van der Waals surface area contributed by atoms with E-state index >= 15 is 0 Å². The van der Waals surface area contributed by atoms with Gasteiger partial charge in [-0.1, -0.05) is 25.1 Å². The maximum absolute atomic E-state index is 12.5. The van der Waals surface area contributed by atoms with Crippen molar-refractivity contribution in [2.24, 2.45) is 5.92 Å². The number of benzene rings is 1. The van der Waals surface area contributed by atoms with Crippen molar-refractivity contribution >= 4 is 17.6 Å². The Balaban J connectivity index is 1.46. The fraction of sp³-hybridized carbons (Fsp3) is 0.619. The van der Waals surface area contributed by atoms with Crippen molar-refractivity contribution in [2.45, 2.75) is 39.7 Å². The van der Waals surface area contributed by atoms with Crippen molar-refractivity contribution in [1.82, 2.24) is 15.1 Å². The van der Waals surface area contributed by atoms with Crippen LogP contribution in [0.5, 0.6) is 0 Å². The Morgan fingerprint density at radius 1 is 1.19 bits per heavy atom. The van der Waals surface area contributed by atoms with Crippen molar-refractivity contribution < 1.29 is 9.59 Å². The van der Waals surface area contributed by atoms with E-state index in [2.05, 4.69) is 41.4 Å². The lowest BCUT2D eigenvalue weighted by Gasteiger charge is -2.37. The van der Waals surface area contributed by atoms with Crippen molar-refractivity contribution in [2.75, 3.05) is 44.2 Å². The first-order valence-electron chi connectivity index (χ1n) is 10.1. The summed E-state index contributed by atoms with van der Waals surface area (Å²) in [6, 6.07) is 8.74. The first-order chi connectivity index (χ1) is 13.0. The van der Waals surface area contributed by atoms with Crippen molar-refractivity contribution in [3.63, 3.8) is 0 Å². The molecule has 0 unspecified atom stereocenters. The summed E-state index contributed by atoms with van der Waals surface area (Å²) in [4.78, 5) is 30.7. The molecule has 0 aromatic heterocycles. The van der Waals surface area contributed by atoms with Crippen LogP contribution in [0.25, 0.3) is 0 Å². The lowest BCUT2D eigenvalue weighted by atomic mass is 10.1. The zero-order valence-electron chi connectivity index (χ0n) is 16.8. The third-order valence-electron chi connectivity index (χ3n) is 5.68. The largest absolute Gasteiger partial charge is 0.368 e. The molecule has 1 aromatic rings. The monoisotopic (exact) mass is 372 g/mol. The molecule has 0 saturated carbocycles. The Morgan fingerprint density at radius 3 is 2.52 bits per heavy atom. The molecular weight excluding hydrogens is 340 g/mol. The molecule has 3 rings (SSSR count). The zero-order valence-corrected chi connectivity index (χ0v) is 16.8. The van der Waals surface area contributed by atoms with Crippen molar-refractivity contribution in [3.8, 4) is 0 Å². The number of rotatable bonds is 5. The molecule has 2 aliphatic rings. The predicted octanol–water partition coefficient (Wildman–Crippen LogP) is 2.34. The molecule has 27 heavy (non-hydrogen) atoms. The number of anilines is 1. The SMILES string of the molecule is CCc1ccccc1N1CCN(C(=O)NC[C@@H]2CC(=O)N(C(C)C)C2)CC1. The number of amides is 3. The zero-order chi connectivity index (χ0) is 19.4. The van der Waals surface area contributed by atoms with E-state index in [-0.39, 0.29) is 23.9 Å². The van der Waals surface area contributed by atoms with E-state index in [1.54, 1.807) is 0 Å². The van der Waals surface area contributed by atoms with Crippen LogP contribution in [0.15, 0.2) is 24.3 Å². The number of urea groups is 1. The van der Waals surface area contributed by atoms with Crippen LogP contribution in [-0.4, -0.2) is 67.0 Å². The maximum atomic E-state index is 12.5. The van der Waals surface area contributed by atoms with E-state index < -0.39 is 0 Å². The van der Waals surface area contributed by atoms with Gasteiger partial charge in [-0.15, -0.1) is 0 Å². The number of para-hydroxylation sites is 1. The second kappa shape index (κ2) is 8.63. The third kappa shape index (κ3) is 4.54. The summed E-state index contributed by atoms with van der Waals surface area (Å²) in [5.74, 6) is 0.425. The number of hydrogen-bond donors (Lipinski definition) is 1. The summed E-state index contributed by atoms with van der Waals surface area (Å²) in [6.45, 7) is 10.7. The molecule has 2 saturated heterocycles. The highest BCUT2D eigenvalue weighted by Crippen LogP contribution is 2.22. The molecule has 148 valence electrons. The van der Waals surface area contributed by atoms with Gasteiger partial charge in [0.15, 0.2) is 0 Å². The predicted molar refractivity (Wildman–Crippen MR) is 108 cm³/mol. The van der Waals surface area contributed by atoms with Crippen LogP contribution in [0, 0.1) is 5.92 Å². The van der Waals surface area contributed by atoms with Crippen LogP contribution < -0.4 is 10.2 Å². The summed E-state index contributed by atoms with van der Waals surface area (Å²) in [5, 5.41) is 3.04. The molecule has 2 heterocycles. The summed E-state index contributed by atoms with van der Waals surface area (Å²) in [6.07, 6.45) is 1.56. The molecule has 2 aliphatic heterocycles. The van der Waals surface area contributed by atoms with Gasteiger partial charge in [0, 0.05) is 63.3 Å². The quantitative estimate of drug-likeness (QED) is 0.863. The lowest BCUT2D eigenvalue weighted by molar-refractivity contribution is -0.129. The van der Waals surface area contributed by atoms with Crippen molar-refractivity contribution in [1.29, 1.82) is 0 Å². The smallest absolute Gasteiger partial charge is 0.317 e. The number of nitrogens with one attached hydrogen (secondary N) is 1. The molecule has 2 fully saturated rings. The Morgan fingerprint density at radius 2 is 1.89 bits per heavy atom. The second-order valence-corrected chi connectivity index (χ2v) is 7.85. The minimum Gasteiger partial charge on any atom is -0.368 e. The fourth-order valence-electron chi connectivity index (χ4n) is 4.06. The number of aryl methyl sites for hydroxylation is 1. The topological polar surface area (TPSA) is 55.9 Å². The first kappa shape index (κ1) is 19.5. The first-order valence-corrected chi connectivity index (χ1v) is 10.1. The average Bonchev–Trinajstić information content (AvgIpc) is 3.07. The van der Waals surface area contributed by atoms with Crippen LogP contribution >= 0.6 is 0 Å². The molecule has 3 amide bonds. The van der Waals surface area contributed by atoms with Crippen LogP contribution in [0.4, 0.5) is 10.5 Å². The summed E-state index contributed by atoms with van der Waals surface area (Å²) in [7, 11) is 0. The van der Waals surface area contributed by atoms with E-state index in [0.717, 1.165) is 39.1 Å². The number of likely N-dealkylation sites (tertiary alicyclic amines) is 1. The van der Waals surface area contributed by atoms with Gasteiger partial charge in [0.05, 0.1) is 0 Å². The van der Waals surface area contributed by atoms with Gasteiger partial charge >= 0.3 is 6.03 Å². The van der Waals surface area contributed by atoms with Crippen LogP contribution in [0.3, 0.4) is 0 Å². The molecule has 6 nitrogen and oxygen atoms in total. The van der Waals surface area contributed by atoms with E-state index in [9.17, 15) is 9.59 Å². The molecule has 1 atom stereocenters. The molecule has 0 radical (unpaired) electrons. The van der Waals surface area contributed by atoms with Gasteiger partial charge in [0.1, 0.15) is 0 Å². The molecule has 0 spiro atoms. The van der Waals surface area contributed by atoms with Gasteiger partial charge in [0.2, 0.25) is 5.91 Å². The fourth-order valence-corrected chi connectivity index (χ4v) is 4.06. The van der Waals surface area contributed by atoms with Crippen LogP contribution in [0.2, 0.25) is 0 Å². The van der Waals surface area contributed by atoms with Gasteiger partial charge < -0.3 is 20.0 Å². The molecule has 1 aromatic carbocycles. The van der Waals surface area contributed by atoms with Crippen molar-refractivity contribution in [3.05, 3.63) is 29.8 Å². The van der Waals surface area contributed by atoms with E-state index in [1.807, 2.05) is 23.6 Å². The van der Waals surface area contributed by atoms with Crippen LogP contribution in [0.1, 0.15) is 32.8 Å². The number of piperazine rings is 1. The minimum atomic E-state index is -0.00567. The number of carbonyl (C=O) groups excluding carboxylic acids is 2. The maximum Gasteiger partial charge on any atom is 0.317 e. The Hall–Kier alpha value is -2.24. The number of nitrogens with zero attached hydrogens (tertiary/aromatic N) is 3. The second-order valence-electron chi connectivity index (χ2n) is 7.85. The lowest BCUT2D eigenvalue weighted by Crippen LogP contribution is -2.52. The normalized spacial score (nSPS) is 20.5. The molecular formula is C21H32N4O2. The Labute approximate surface area is 162 Å². The Bertz CT molecular complexity index is 668. The highest BCUT2D eigenvalue weighted by atomic mass is 16.2. The highest BCUT2D eigenvalue weighted by Gasteiger charge is 2.31. The summed E-state index contributed by atoms with van der Waals surface area (Å²) >= 11 is 0. The van der Waals surface area contributed by atoms with Gasteiger partial charge in [-0.3, -0.25) is 4.79 Å². The van der Waals surface area contributed by atoms with E-state index in [0.29, 0.717) is 13.0 Å². The van der Waals surface area contributed by atoms with E-state index in [1.165, 1.54) is 11.3 Å². The van der Waals surface area contributed by atoms with Gasteiger partial charge in [-0.05, 0) is 31.9 Å². The van der Waals surface area contributed by atoms with Gasteiger partial charge in [-0.25, -0.2) is 4.79 Å². The van der Waals surface area contributed by atoms with Crippen LogP contribution in [-0.2, 0) is 11.2 Å². The molecule has 0 bridgehead atoms. The molecule has 1 N–H and O–H groups in total. The number of hydrogen-bond acceptors (Lipinski definition) is 3. The van der Waals surface area contributed by atoms with Gasteiger partial charge in [-0.2, -0.15) is 0 Å². The highest BCUT2D eigenvalue weighted by molar-refractivity contribution is 5.79. The third-order valence-corrected chi connectivity index (χ3v) is 5.68. The summed E-state index contributed by atoms with van der Waals surface area (Å²) < 4.78 is 0. The number of carbonyl (C=O) groups is 2. The molecule has 6 heteroatoms. The molecule has 0 aliphatic carbocycles. The average molecular weight is 373 g/mol. The Kier molecular flexibility index (Phi) is 6.24. The van der Waals surface area contributed by atoms with E-state index in [4.69, 9.17) is 0 Å². The van der Waals surface area contributed by atoms with Gasteiger partial charge in [0.25, 0.3) is 0 Å². The minimum absolute atomic E-state index is 0.00567.